The van der Waals surface area contributed by atoms with Crippen LogP contribution in [0.15, 0.2) is 42.5 Å². The van der Waals surface area contributed by atoms with E-state index in [-0.39, 0.29) is 18.6 Å². The maximum atomic E-state index is 13.0. The van der Waals surface area contributed by atoms with Gasteiger partial charge in [-0.2, -0.15) is 0 Å². The summed E-state index contributed by atoms with van der Waals surface area (Å²) in [6.45, 7) is 3.07. The van der Waals surface area contributed by atoms with Crippen molar-refractivity contribution in [3.63, 3.8) is 0 Å². The predicted octanol–water partition coefficient (Wildman–Crippen LogP) is 4.85. The van der Waals surface area contributed by atoms with Gasteiger partial charge < -0.3 is 9.47 Å². The molecule has 1 saturated heterocycles. The molecule has 0 spiro atoms. The molecule has 1 atom stereocenters. The lowest BCUT2D eigenvalue weighted by Crippen LogP contribution is -2.40. The van der Waals surface area contributed by atoms with Gasteiger partial charge in [-0.05, 0) is 55.7 Å². The molecule has 1 amide bonds. The molecule has 146 valence electrons. The van der Waals surface area contributed by atoms with E-state index >= 15 is 0 Å². The van der Waals surface area contributed by atoms with E-state index in [1.165, 1.54) is 11.3 Å². The quantitative estimate of drug-likeness (QED) is 0.576. The van der Waals surface area contributed by atoms with Crippen LogP contribution in [0.3, 0.4) is 0 Å². The molecule has 7 heteroatoms. The highest BCUT2D eigenvalue weighted by molar-refractivity contribution is 7.22. The van der Waals surface area contributed by atoms with Gasteiger partial charge in [0.1, 0.15) is 5.75 Å². The van der Waals surface area contributed by atoms with Gasteiger partial charge in [-0.15, -0.1) is 0 Å². The highest BCUT2D eigenvalue weighted by Gasteiger charge is 2.26. The average Bonchev–Trinajstić information content (AvgIpc) is 3.34. The van der Waals surface area contributed by atoms with Crippen LogP contribution >= 0.6 is 22.9 Å². The van der Waals surface area contributed by atoms with Crippen LogP contribution in [0, 0.1) is 6.92 Å². The third-order valence-corrected chi connectivity index (χ3v) is 6.01. The molecule has 4 rings (SSSR count). The number of carbonyl (C=O) groups excluding carboxylic acids is 1. The third-order valence-electron chi connectivity index (χ3n) is 4.71. The van der Waals surface area contributed by atoms with Gasteiger partial charge in [0.25, 0.3) is 5.91 Å². The van der Waals surface area contributed by atoms with E-state index in [9.17, 15) is 4.79 Å². The number of aryl methyl sites for hydroxylation is 1. The Morgan fingerprint density at radius 2 is 2.21 bits per heavy atom. The first-order chi connectivity index (χ1) is 13.6. The Morgan fingerprint density at radius 1 is 1.36 bits per heavy atom. The van der Waals surface area contributed by atoms with Crippen molar-refractivity contribution in [1.29, 1.82) is 0 Å². The van der Waals surface area contributed by atoms with Gasteiger partial charge in [0, 0.05) is 11.6 Å². The number of para-hydroxylation sites is 1. The van der Waals surface area contributed by atoms with Crippen molar-refractivity contribution >= 4 is 44.2 Å². The van der Waals surface area contributed by atoms with Crippen molar-refractivity contribution in [3.05, 3.63) is 53.1 Å². The van der Waals surface area contributed by atoms with Crippen molar-refractivity contribution < 1.29 is 14.3 Å². The lowest BCUT2D eigenvalue weighted by molar-refractivity contribution is -0.120. The molecular formula is C21H21ClN2O3S. The Labute approximate surface area is 172 Å². The number of halogens is 1. The summed E-state index contributed by atoms with van der Waals surface area (Å²) >= 11 is 7.50. The van der Waals surface area contributed by atoms with E-state index in [0.717, 1.165) is 35.2 Å². The van der Waals surface area contributed by atoms with Gasteiger partial charge >= 0.3 is 0 Å². The van der Waals surface area contributed by atoms with Gasteiger partial charge in [0.2, 0.25) is 0 Å². The number of aromatic nitrogens is 1. The fourth-order valence-electron chi connectivity index (χ4n) is 3.25. The van der Waals surface area contributed by atoms with Crippen LogP contribution in [-0.2, 0) is 9.53 Å². The lowest BCUT2D eigenvalue weighted by atomic mass is 10.2. The van der Waals surface area contributed by atoms with Crippen LogP contribution in [0.1, 0.15) is 18.4 Å². The molecule has 0 saturated carbocycles. The molecule has 28 heavy (non-hydrogen) atoms. The van der Waals surface area contributed by atoms with Gasteiger partial charge in [-0.3, -0.25) is 9.69 Å². The molecule has 1 aliphatic heterocycles. The maximum Gasteiger partial charge on any atom is 0.266 e. The monoisotopic (exact) mass is 416 g/mol. The Balaban J connectivity index is 1.54. The number of carbonyl (C=O) groups is 1. The molecule has 0 aliphatic carbocycles. The molecule has 5 nitrogen and oxygen atoms in total. The average molecular weight is 417 g/mol. The second-order valence-electron chi connectivity index (χ2n) is 6.80. The molecule has 1 fully saturated rings. The van der Waals surface area contributed by atoms with Crippen LogP contribution in [0.4, 0.5) is 5.13 Å². The number of hydrogen-bond acceptors (Lipinski definition) is 5. The fourth-order valence-corrected chi connectivity index (χ4v) is 4.46. The number of amides is 1. The smallest absolute Gasteiger partial charge is 0.266 e. The van der Waals surface area contributed by atoms with Crippen molar-refractivity contribution in [1.82, 2.24) is 4.98 Å². The van der Waals surface area contributed by atoms with Crippen LogP contribution in [-0.4, -0.2) is 36.8 Å². The van der Waals surface area contributed by atoms with Gasteiger partial charge in [0.15, 0.2) is 11.7 Å². The SMILES string of the molecule is Cc1cc(Cl)ccc1OCC(=O)N(C[C@@H]1CCCO1)c1nc2ccccc2s1. The van der Waals surface area contributed by atoms with Crippen molar-refractivity contribution in [2.75, 3.05) is 24.7 Å². The number of rotatable bonds is 6. The number of hydrogen-bond donors (Lipinski definition) is 0. The van der Waals surface area contributed by atoms with Gasteiger partial charge in [-0.25, -0.2) is 4.98 Å². The summed E-state index contributed by atoms with van der Waals surface area (Å²) in [5.41, 5.74) is 1.79. The Bertz CT molecular complexity index is 952. The highest BCUT2D eigenvalue weighted by atomic mass is 35.5. The zero-order valence-corrected chi connectivity index (χ0v) is 17.1. The summed E-state index contributed by atoms with van der Waals surface area (Å²) < 4.78 is 12.6. The van der Waals surface area contributed by atoms with E-state index < -0.39 is 0 Å². The number of thiazole rings is 1. The maximum absolute atomic E-state index is 13.0. The second-order valence-corrected chi connectivity index (χ2v) is 8.25. The van der Waals surface area contributed by atoms with Crippen LogP contribution in [0.5, 0.6) is 5.75 Å². The molecule has 2 heterocycles. The Hall–Kier alpha value is -2.15. The zero-order chi connectivity index (χ0) is 19.5. The van der Waals surface area contributed by atoms with E-state index in [1.807, 2.05) is 37.3 Å². The van der Waals surface area contributed by atoms with E-state index in [2.05, 4.69) is 4.98 Å². The highest BCUT2D eigenvalue weighted by Crippen LogP contribution is 2.30. The first kappa shape index (κ1) is 19.2. The van der Waals surface area contributed by atoms with Crippen LogP contribution < -0.4 is 9.64 Å². The minimum absolute atomic E-state index is 0.0354. The summed E-state index contributed by atoms with van der Waals surface area (Å²) in [4.78, 5) is 19.4. The second kappa shape index (κ2) is 8.47. The van der Waals surface area contributed by atoms with E-state index in [4.69, 9.17) is 21.1 Å². The molecule has 1 aromatic heterocycles. The summed E-state index contributed by atoms with van der Waals surface area (Å²) in [7, 11) is 0. The molecule has 2 aromatic carbocycles. The summed E-state index contributed by atoms with van der Waals surface area (Å²) in [5.74, 6) is 0.517. The molecule has 0 unspecified atom stereocenters. The standard InChI is InChI=1S/C21H21ClN2O3S/c1-14-11-15(22)8-9-18(14)27-13-20(25)24(12-16-5-4-10-26-16)21-23-17-6-2-3-7-19(17)28-21/h2-3,6-9,11,16H,4-5,10,12-13H2,1H3/t16-/m0/s1. The van der Waals surface area contributed by atoms with Crippen molar-refractivity contribution in [2.45, 2.75) is 25.9 Å². The summed E-state index contributed by atoms with van der Waals surface area (Å²) in [6.07, 6.45) is 2.01. The lowest BCUT2D eigenvalue weighted by Gasteiger charge is -2.23. The summed E-state index contributed by atoms with van der Waals surface area (Å²) in [5, 5.41) is 1.32. The third kappa shape index (κ3) is 4.29. The fraction of sp³-hybridized carbons (Fsp3) is 0.333. The van der Waals surface area contributed by atoms with Crippen LogP contribution in [0.25, 0.3) is 10.2 Å². The van der Waals surface area contributed by atoms with Gasteiger partial charge in [0.05, 0.1) is 22.9 Å². The molecule has 0 N–H and O–H groups in total. The summed E-state index contributed by atoms with van der Waals surface area (Å²) in [6, 6.07) is 13.3. The number of fused-ring (bicyclic) bond motifs is 1. The Kier molecular flexibility index (Phi) is 5.80. The number of anilines is 1. The molecule has 0 bridgehead atoms. The van der Waals surface area contributed by atoms with E-state index in [1.54, 1.807) is 17.0 Å². The molecule has 3 aromatic rings. The first-order valence-corrected chi connectivity index (χ1v) is 10.5. The largest absolute Gasteiger partial charge is 0.483 e. The zero-order valence-electron chi connectivity index (χ0n) is 15.6. The van der Waals surface area contributed by atoms with Crippen molar-refractivity contribution in [2.24, 2.45) is 0 Å². The first-order valence-electron chi connectivity index (χ1n) is 9.26. The number of benzene rings is 2. The van der Waals surface area contributed by atoms with E-state index in [0.29, 0.717) is 22.4 Å². The molecule has 0 radical (unpaired) electrons. The minimum atomic E-state index is -0.135. The Morgan fingerprint density at radius 3 is 2.96 bits per heavy atom. The molecular weight excluding hydrogens is 396 g/mol. The predicted molar refractivity (Wildman–Crippen MR) is 113 cm³/mol. The van der Waals surface area contributed by atoms with Crippen LogP contribution in [0.2, 0.25) is 5.02 Å². The van der Waals surface area contributed by atoms with Crippen molar-refractivity contribution in [3.8, 4) is 5.75 Å². The van der Waals surface area contributed by atoms with Gasteiger partial charge in [-0.1, -0.05) is 35.1 Å². The normalized spacial score (nSPS) is 16.4. The minimum Gasteiger partial charge on any atom is -0.483 e. The molecule has 1 aliphatic rings. The topological polar surface area (TPSA) is 51.7 Å². The number of ether oxygens (including phenoxy) is 2. The number of nitrogens with zero attached hydrogens (tertiary/aromatic N) is 2.